The van der Waals surface area contributed by atoms with Gasteiger partial charge >= 0.3 is 0 Å². The number of thiophene rings is 2. The quantitative estimate of drug-likeness (QED) is 0.630. The Bertz CT molecular complexity index is 499. The highest BCUT2D eigenvalue weighted by atomic mass is 79.9. The van der Waals surface area contributed by atoms with E-state index >= 15 is 0 Å². The summed E-state index contributed by atoms with van der Waals surface area (Å²) in [5.74, 6) is 5.70. The summed E-state index contributed by atoms with van der Waals surface area (Å²) < 4.78 is 1.19. The van der Waals surface area contributed by atoms with Crippen molar-refractivity contribution >= 4 is 38.6 Å². The third-order valence-electron chi connectivity index (χ3n) is 2.89. The third kappa shape index (κ3) is 3.22. The van der Waals surface area contributed by atoms with Gasteiger partial charge in [0.05, 0.1) is 9.83 Å². The van der Waals surface area contributed by atoms with E-state index in [-0.39, 0.29) is 6.04 Å². The molecule has 2 nitrogen and oxygen atoms in total. The van der Waals surface area contributed by atoms with E-state index in [4.69, 9.17) is 5.84 Å². The molecule has 2 heterocycles. The number of nitrogens with two attached hydrogens (primary N) is 1. The Labute approximate surface area is 124 Å². The minimum absolute atomic E-state index is 0.198. The molecule has 18 heavy (non-hydrogen) atoms. The first-order chi connectivity index (χ1) is 8.63. The Kier molecular flexibility index (Phi) is 4.98. The third-order valence-corrected chi connectivity index (χ3v) is 6.39. The molecule has 0 aliphatic heterocycles. The van der Waals surface area contributed by atoms with Gasteiger partial charge in [0.25, 0.3) is 0 Å². The van der Waals surface area contributed by atoms with Gasteiger partial charge in [0.15, 0.2) is 0 Å². The second-order valence-electron chi connectivity index (χ2n) is 4.25. The molecule has 0 fully saturated rings. The number of rotatable bonds is 5. The van der Waals surface area contributed by atoms with Crippen molar-refractivity contribution in [3.63, 3.8) is 0 Å². The molecule has 0 aromatic carbocycles. The van der Waals surface area contributed by atoms with E-state index in [0.29, 0.717) is 0 Å². The summed E-state index contributed by atoms with van der Waals surface area (Å²) in [7, 11) is 0. The number of hydrazine groups is 1. The zero-order valence-electron chi connectivity index (χ0n) is 10.5. The van der Waals surface area contributed by atoms with Gasteiger partial charge in [0, 0.05) is 21.1 Å². The summed E-state index contributed by atoms with van der Waals surface area (Å²) in [5.41, 5.74) is 4.20. The Hall–Kier alpha value is -0.200. The highest BCUT2D eigenvalue weighted by Crippen LogP contribution is 2.33. The molecule has 5 heteroatoms. The van der Waals surface area contributed by atoms with Gasteiger partial charge in [-0.05, 0) is 53.0 Å². The minimum Gasteiger partial charge on any atom is -0.271 e. The van der Waals surface area contributed by atoms with Gasteiger partial charge in [-0.3, -0.25) is 11.3 Å². The normalized spacial score (nSPS) is 12.9. The highest BCUT2D eigenvalue weighted by Gasteiger charge is 2.15. The molecular formula is C13H17BrN2S2. The second kappa shape index (κ2) is 6.30. The molecule has 0 aliphatic carbocycles. The lowest BCUT2D eigenvalue weighted by atomic mass is 10.1. The van der Waals surface area contributed by atoms with E-state index < -0.39 is 0 Å². The fraction of sp³-hybridized carbons (Fsp3) is 0.385. The standard InChI is InChI=1S/C13H17BrN2S2/c1-3-9-4-5-10(17-9)7-11(16-15)12-6-8(2)13(14)18-12/h4-6,11,16H,3,7,15H2,1-2H3. The SMILES string of the molecule is CCc1ccc(CC(NN)c2cc(C)c(Br)s2)s1. The highest BCUT2D eigenvalue weighted by molar-refractivity contribution is 9.11. The fourth-order valence-corrected chi connectivity index (χ4v) is 4.45. The largest absolute Gasteiger partial charge is 0.271 e. The summed E-state index contributed by atoms with van der Waals surface area (Å²) in [5, 5.41) is 0. The minimum atomic E-state index is 0.198. The number of hydrogen-bond donors (Lipinski definition) is 2. The first kappa shape index (κ1) is 14.2. The van der Waals surface area contributed by atoms with Gasteiger partial charge in [0.1, 0.15) is 0 Å². The molecule has 0 aliphatic rings. The summed E-state index contributed by atoms with van der Waals surface area (Å²) in [4.78, 5) is 4.11. The van der Waals surface area contributed by atoms with E-state index in [1.165, 1.54) is 24.0 Å². The first-order valence-electron chi connectivity index (χ1n) is 5.93. The number of nitrogens with one attached hydrogen (secondary N) is 1. The maximum Gasteiger partial charge on any atom is 0.0731 e. The fourth-order valence-electron chi connectivity index (χ4n) is 1.82. The summed E-state index contributed by atoms with van der Waals surface area (Å²) in [6, 6.07) is 6.82. The monoisotopic (exact) mass is 344 g/mol. The van der Waals surface area contributed by atoms with Crippen LogP contribution in [0.3, 0.4) is 0 Å². The molecule has 0 saturated heterocycles. The summed E-state index contributed by atoms with van der Waals surface area (Å²) in [6.45, 7) is 4.30. The summed E-state index contributed by atoms with van der Waals surface area (Å²) in [6.07, 6.45) is 2.06. The molecule has 0 spiro atoms. The lowest BCUT2D eigenvalue weighted by Gasteiger charge is -2.12. The van der Waals surface area contributed by atoms with Crippen LogP contribution < -0.4 is 11.3 Å². The van der Waals surface area contributed by atoms with Crippen LogP contribution in [0.5, 0.6) is 0 Å². The van der Waals surface area contributed by atoms with Crippen molar-refractivity contribution in [2.24, 2.45) is 5.84 Å². The van der Waals surface area contributed by atoms with Crippen LogP contribution in [0.15, 0.2) is 22.0 Å². The van der Waals surface area contributed by atoms with Crippen LogP contribution in [0.2, 0.25) is 0 Å². The Morgan fingerprint density at radius 3 is 2.56 bits per heavy atom. The van der Waals surface area contributed by atoms with Crippen molar-refractivity contribution in [3.8, 4) is 0 Å². The summed E-state index contributed by atoms with van der Waals surface area (Å²) >= 11 is 7.20. The maximum absolute atomic E-state index is 5.70. The van der Waals surface area contributed by atoms with Gasteiger partial charge in [-0.1, -0.05) is 6.92 Å². The van der Waals surface area contributed by atoms with E-state index in [1.807, 2.05) is 11.3 Å². The average Bonchev–Trinajstić information content (AvgIpc) is 2.94. The molecule has 0 radical (unpaired) electrons. The van der Waals surface area contributed by atoms with Crippen molar-refractivity contribution < 1.29 is 0 Å². The van der Waals surface area contributed by atoms with E-state index in [1.54, 1.807) is 11.3 Å². The molecule has 2 rings (SSSR count). The number of hydrogen-bond acceptors (Lipinski definition) is 4. The molecule has 0 amide bonds. The van der Waals surface area contributed by atoms with Crippen molar-refractivity contribution in [2.75, 3.05) is 0 Å². The van der Waals surface area contributed by atoms with Crippen LogP contribution in [0.4, 0.5) is 0 Å². The van der Waals surface area contributed by atoms with Crippen LogP contribution in [0.25, 0.3) is 0 Å². The smallest absolute Gasteiger partial charge is 0.0731 e. The molecular weight excluding hydrogens is 328 g/mol. The van der Waals surface area contributed by atoms with Gasteiger partial charge in [0.2, 0.25) is 0 Å². The van der Waals surface area contributed by atoms with E-state index in [0.717, 1.165) is 12.8 Å². The number of aryl methyl sites for hydroxylation is 2. The molecule has 1 atom stereocenters. The predicted molar refractivity (Wildman–Crippen MR) is 84.2 cm³/mol. The molecule has 0 saturated carbocycles. The molecule has 0 bridgehead atoms. The second-order valence-corrected chi connectivity index (χ2v) is 7.90. The molecule has 2 aromatic heterocycles. The molecule has 3 N–H and O–H groups in total. The lowest BCUT2D eigenvalue weighted by molar-refractivity contribution is 0.564. The topological polar surface area (TPSA) is 38.0 Å². The van der Waals surface area contributed by atoms with Crippen molar-refractivity contribution in [2.45, 2.75) is 32.7 Å². The van der Waals surface area contributed by atoms with Crippen LogP contribution in [-0.4, -0.2) is 0 Å². The average molecular weight is 345 g/mol. The predicted octanol–water partition coefficient (Wildman–Crippen LogP) is 4.19. The Balaban J connectivity index is 2.14. The zero-order valence-corrected chi connectivity index (χ0v) is 13.7. The van der Waals surface area contributed by atoms with Gasteiger partial charge < -0.3 is 0 Å². The van der Waals surface area contributed by atoms with E-state index in [2.05, 4.69) is 53.4 Å². The first-order valence-corrected chi connectivity index (χ1v) is 8.36. The van der Waals surface area contributed by atoms with Crippen molar-refractivity contribution in [1.29, 1.82) is 0 Å². The lowest BCUT2D eigenvalue weighted by Crippen LogP contribution is -2.28. The maximum atomic E-state index is 5.70. The molecule has 1 unspecified atom stereocenters. The van der Waals surface area contributed by atoms with Crippen molar-refractivity contribution in [3.05, 3.63) is 42.2 Å². The Morgan fingerprint density at radius 2 is 2.06 bits per heavy atom. The van der Waals surface area contributed by atoms with Crippen LogP contribution >= 0.6 is 38.6 Å². The van der Waals surface area contributed by atoms with Gasteiger partial charge in [-0.25, -0.2) is 0 Å². The van der Waals surface area contributed by atoms with Gasteiger partial charge in [-0.15, -0.1) is 22.7 Å². The zero-order chi connectivity index (χ0) is 13.1. The molecule has 2 aromatic rings. The van der Waals surface area contributed by atoms with Crippen LogP contribution in [0.1, 0.15) is 33.2 Å². The molecule has 98 valence electrons. The van der Waals surface area contributed by atoms with Crippen LogP contribution in [0, 0.1) is 6.92 Å². The number of halogens is 1. The Morgan fingerprint density at radius 1 is 1.33 bits per heavy atom. The van der Waals surface area contributed by atoms with Crippen LogP contribution in [-0.2, 0) is 12.8 Å². The van der Waals surface area contributed by atoms with E-state index in [9.17, 15) is 0 Å². The van der Waals surface area contributed by atoms with Crippen molar-refractivity contribution in [1.82, 2.24) is 5.43 Å². The van der Waals surface area contributed by atoms with Gasteiger partial charge in [-0.2, -0.15) is 0 Å².